The van der Waals surface area contributed by atoms with Crippen LogP contribution in [0.3, 0.4) is 0 Å². The Balaban J connectivity index is 1.59. The van der Waals surface area contributed by atoms with Gasteiger partial charge < -0.3 is 25.3 Å². The number of halogens is 2. The number of hydrogen-bond donors (Lipinski definition) is 2. The SMILES string of the molecule is CCOc1cnc(CNc2ccc(F)c([C@@]3(CF)N=C(N)O[C@@H]4CCOC[C@@H]43)c2)cn1. The minimum Gasteiger partial charge on any atom is -0.477 e. The fraction of sp³-hybridized carbons (Fsp3) is 0.476. The van der Waals surface area contributed by atoms with Gasteiger partial charge >= 0.3 is 0 Å². The first kappa shape index (κ1) is 21.2. The number of aliphatic imine (C=N–C) groups is 1. The van der Waals surface area contributed by atoms with Crippen molar-refractivity contribution in [3.05, 3.63) is 47.7 Å². The highest BCUT2D eigenvalue weighted by Crippen LogP contribution is 2.44. The summed E-state index contributed by atoms with van der Waals surface area (Å²) in [6.07, 6.45) is 3.30. The van der Waals surface area contributed by atoms with Crippen LogP contribution in [0, 0.1) is 11.7 Å². The van der Waals surface area contributed by atoms with Gasteiger partial charge in [0.25, 0.3) is 6.02 Å². The van der Waals surface area contributed by atoms with Crippen molar-refractivity contribution in [3.63, 3.8) is 0 Å². The standard InChI is InChI=1S/C21H25F2N5O3/c1-2-30-19-10-26-14(9-27-19)8-25-13-3-4-17(23)15(7-13)21(12-22)16-11-29-6-5-18(16)31-20(24)28-21/h3-4,7,9-10,16,18,25H,2,5-6,8,11-12H2,1H3,(H2,24,28)/t16-,18+,21+/m0/s1. The minimum atomic E-state index is -1.51. The van der Waals surface area contributed by atoms with E-state index < -0.39 is 23.9 Å². The first-order valence-corrected chi connectivity index (χ1v) is 10.2. The molecule has 3 heterocycles. The molecule has 4 rings (SSSR count). The molecule has 2 aromatic rings. The van der Waals surface area contributed by atoms with Crippen molar-refractivity contribution in [3.8, 4) is 5.88 Å². The quantitative estimate of drug-likeness (QED) is 0.692. The van der Waals surface area contributed by atoms with Gasteiger partial charge in [0.15, 0.2) is 0 Å². The molecule has 3 N–H and O–H groups in total. The third kappa shape index (κ3) is 4.25. The lowest BCUT2D eigenvalue weighted by atomic mass is 9.74. The molecule has 0 unspecified atom stereocenters. The van der Waals surface area contributed by atoms with Crippen LogP contribution in [0.2, 0.25) is 0 Å². The first-order valence-electron chi connectivity index (χ1n) is 10.2. The van der Waals surface area contributed by atoms with Crippen LogP contribution >= 0.6 is 0 Å². The lowest BCUT2D eigenvalue weighted by molar-refractivity contribution is -0.0785. The molecule has 0 saturated carbocycles. The second kappa shape index (κ2) is 9.01. The van der Waals surface area contributed by atoms with Crippen molar-refractivity contribution in [1.82, 2.24) is 9.97 Å². The summed E-state index contributed by atoms with van der Waals surface area (Å²) in [5, 5.41) is 3.17. The number of alkyl halides is 1. The highest BCUT2D eigenvalue weighted by atomic mass is 19.1. The molecule has 31 heavy (non-hydrogen) atoms. The Kier molecular flexibility index (Phi) is 6.17. The number of hydrogen-bond acceptors (Lipinski definition) is 8. The van der Waals surface area contributed by atoms with Crippen LogP contribution in [0.4, 0.5) is 14.5 Å². The molecule has 8 nitrogen and oxygen atoms in total. The Hall–Kier alpha value is -3.01. The molecule has 0 amide bonds. The molecule has 0 bridgehead atoms. The molecule has 166 valence electrons. The molecule has 1 aromatic carbocycles. The van der Waals surface area contributed by atoms with Crippen LogP contribution in [0.1, 0.15) is 24.6 Å². The average Bonchev–Trinajstić information content (AvgIpc) is 2.79. The number of ether oxygens (including phenoxy) is 3. The zero-order valence-corrected chi connectivity index (χ0v) is 17.2. The van der Waals surface area contributed by atoms with E-state index >= 15 is 0 Å². The van der Waals surface area contributed by atoms with Gasteiger partial charge in [-0.15, -0.1) is 0 Å². The Bertz CT molecular complexity index is 943. The molecule has 3 atom stereocenters. The molecule has 1 saturated heterocycles. The van der Waals surface area contributed by atoms with Crippen LogP contribution in [0.15, 0.2) is 35.6 Å². The normalized spacial score (nSPS) is 25.2. The molecular weight excluding hydrogens is 408 g/mol. The van der Waals surface area contributed by atoms with Crippen molar-refractivity contribution >= 4 is 11.7 Å². The predicted molar refractivity (Wildman–Crippen MR) is 110 cm³/mol. The first-order chi connectivity index (χ1) is 15.1. The second-order valence-corrected chi connectivity index (χ2v) is 7.46. The molecule has 2 aliphatic rings. The number of nitrogens with one attached hydrogen (secondary N) is 1. The molecule has 0 radical (unpaired) electrons. The predicted octanol–water partition coefficient (Wildman–Crippen LogP) is 2.54. The molecule has 10 heteroatoms. The van der Waals surface area contributed by atoms with E-state index in [0.717, 1.165) is 0 Å². The van der Waals surface area contributed by atoms with Gasteiger partial charge in [-0.2, -0.15) is 0 Å². The summed E-state index contributed by atoms with van der Waals surface area (Å²) in [5.74, 6) is -0.605. The Labute approximate surface area is 178 Å². The summed E-state index contributed by atoms with van der Waals surface area (Å²) >= 11 is 0. The van der Waals surface area contributed by atoms with Crippen molar-refractivity contribution in [2.45, 2.75) is 31.5 Å². The third-order valence-corrected chi connectivity index (χ3v) is 5.57. The topological polar surface area (TPSA) is 104 Å². The van der Waals surface area contributed by atoms with Gasteiger partial charge in [-0.25, -0.2) is 18.8 Å². The zero-order valence-electron chi connectivity index (χ0n) is 17.2. The molecular formula is C21H25F2N5O3. The Morgan fingerprint density at radius 3 is 2.94 bits per heavy atom. The van der Waals surface area contributed by atoms with E-state index in [0.29, 0.717) is 43.4 Å². The van der Waals surface area contributed by atoms with Crippen LogP contribution in [-0.4, -0.2) is 48.6 Å². The van der Waals surface area contributed by atoms with Gasteiger partial charge in [0.05, 0.1) is 50.4 Å². The lowest BCUT2D eigenvalue weighted by Gasteiger charge is -2.45. The summed E-state index contributed by atoms with van der Waals surface area (Å²) in [4.78, 5) is 12.7. The average molecular weight is 433 g/mol. The monoisotopic (exact) mass is 433 g/mol. The molecule has 0 aliphatic carbocycles. The number of anilines is 1. The van der Waals surface area contributed by atoms with Gasteiger partial charge in [0.1, 0.15) is 24.1 Å². The van der Waals surface area contributed by atoms with E-state index in [2.05, 4.69) is 20.3 Å². The number of nitrogens with two attached hydrogens (primary N) is 1. The number of aromatic nitrogens is 2. The smallest absolute Gasteiger partial charge is 0.283 e. The zero-order chi connectivity index (χ0) is 21.8. The summed E-state index contributed by atoms with van der Waals surface area (Å²) in [6.45, 7) is 2.48. The summed E-state index contributed by atoms with van der Waals surface area (Å²) in [5.41, 5.74) is 5.71. The fourth-order valence-electron chi connectivity index (χ4n) is 4.04. The number of amidine groups is 1. The number of fused-ring (bicyclic) bond motifs is 1. The van der Waals surface area contributed by atoms with E-state index in [9.17, 15) is 8.78 Å². The third-order valence-electron chi connectivity index (χ3n) is 5.57. The fourth-order valence-corrected chi connectivity index (χ4v) is 4.04. The molecule has 2 aliphatic heterocycles. The summed E-state index contributed by atoms with van der Waals surface area (Å²) in [6, 6.07) is 4.29. The van der Waals surface area contributed by atoms with E-state index in [1.165, 1.54) is 12.3 Å². The van der Waals surface area contributed by atoms with Crippen LogP contribution in [0.5, 0.6) is 5.88 Å². The van der Waals surface area contributed by atoms with Gasteiger partial charge in [-0.3, -0.25) is 4.98 Å². The van der Waals surface area contributed by atoms with Crippen LogP contribution in [0.25, 0.3) is 0 Å². The maximum atomic E-state index is 14.9. The van der Waals surface area contributed by atoms with E-state index in [4.69, 9.17) is 19.9 Å². The van der Waals surface area contributed by atoms with Crippen molar-refractivity contribution in [1.29, 1.82) is 0 Å². The minimum absolute atomic E-state index is 0.115. The Morgan fingerprint density at radius 2 is 2.19 bits per heavy atom. The number of nitrogens with zero attached hydrogens (tertiary/aromatic N) is 3. The second-order valence-electron chi connectivity index (χ2n) is 7.46. The van der Waals surface area contributed by atoms with Gasteiger partial charge in [0, 0.05) is 17.7 Å². The molecule has 1 aromatic heterocycles. The summed E-state index contributed by atoms with van der Waals surface area (Å²) < 4.78 is 45.9. The molecule has 1 fully saturated rings. The maximum Gasteiger partial charge on any atom is 0.283 e. The Morgan fingerprint density at radius 1 is 1.32 bits per heavy atom. The van der Waals surface area contributed by atoms with Crippen molar-refractivity contribution < 1.29 is 23.0 Å². The van der Waals surface area contributed by atoms with Crippen molar-refractivity contribution in [2.75, 3.05) is 31.8 Å². The van der Waals surface area contributed by atoms with E-state index in [1.807, 2.05) is 6.92 Å². The van der Waals surface area contributed by atoms with Crippen LogP contribution in [-0.2, 0) is 21.6 Å². The summed E-state index contributed by atoms with van der Waals surface area (Å²) in [7, 11) is 0. The van der Waals surface area contributed by atoms with Gasteiger partial charge in [-0.1, -0.05) is 0 Å². The highest BCUT2D eigenvalue weighted by molar-refractivity contribution is 5.73. The largest absolute Gasteiger partial charge is 0.477 e. The van der Waals surface area contributed by atoms with E-state index in [-0.39, 0.29) is 24.3 Å². The van der Waals surface area contributed by atoms with Crippen LogP contribution < -0.4 is 15.8 Å². The number of benzene rings is 1. The van der Waals surface area contributed by atoms with Gasteiger partial charge in [-0.05, 0) is 25.1 Å². The van der Waals surface area contributed by atoms with Gasteiger partial charge in [0.2, 0.25) is 5.88 Å². The molecule has 0 spiro atoms. The lowest BCUT2D eigenvalue weighted by Crippen LogP contribution is -2.54. The number of rotatable bonds is 7. The maximum absolute atomic E-state index is 14.9. The van der Waals surface area contributed by atoms with E-state index in [1.54, 1.807) is 18.3 Å². The van der Waals surface area contributed by atoms with Crippen molar-refractivity contribution in [2.24, 2.45) is 16.6 Å². The highest BCUT2D eigenvalue weighted by Gasteiger charge is 2.51.